The van der Waals surface area contributed by atoms with E-state index in [4.69, 9.17) is 5.73 Å². The van der Waals surface area contributed by atoms with Gasteiger partial charge >= 0.3 is 0 Å². The van der Waals surface area contributed by atoms with Crippen molar-refractivity contribution in [1.82, 2.24) is 4.90 Å². The molecular formula is C12H16N2O. The van der Waals surface area contributed by atoms with E-state index in [0.29, 0.717) is 6.54 Å². The molecule has 0 aromatic heterocycles. The molecule has 0 radical (unpaired) electrons. The average Bonchev–Trinajstić information content (AvgIpc) is 2.14. The summed E-state index contributed by atoms with van der Waals surface area (Å²) in [6.07, 6.45) is 0. The Labute approximate surface area is 89.9 Å². The zero-order chi connectivity index (χ0) is 11.2. The van der Waals surface area contributed by atoms with Gasteiger partial charge in [0.15, 0.2) is 0 Å². The van der Waals surface area contributed by atoms with E-state index in [-0.39, 0.29) is 5.91 Å². The molecule has 15 heavy (non-hydrogen) atoms. The van der Waals surface area contributed by atoms with Gasteiger partial charge in [0.05, 0.1) is 0 Å². The Morgan fingerprint density at radius 3 is 2.80 bits per heavy atom. The number of fused-ring (bicyclic) bond motifs is 1. The molecule has 0 saturated carbocycles. The lowest BCUT2D eigenvalue weighted by Gasteiger charge is -2.36. The van der Waals surface area contributed by atoms with Crippen LogP contribution in [0.5, 0.6) is 0 Å². The van der Waals surface area contributed by atoms with Crippen LogP contribution >= 0.6 is 0 Å². The van der Waals surface area contributed by atoms with Crippen LogP contribution in [0.15, 0.2) is 18.2 Å². The normalized spacial score (nSPS) is 25.3. The van der Waals surface area contributed by atoms with Crippen molar-refractivity contribution in [3.8, 4) is 0 Å². The van der Waals surface area contributed by atoms with Crippen molar-refractivity contribution in [2.45, 2.75) is 25.9 Å². The van der Waals surface area contributed by atoms with Crippen LogP contribution in [0, 0.1) is 6.92 Å². The lowest BCUT2D eigenvalue weighted by atomic mass is 9.84. The van der Waals surface area contributed by atoms with E-state index in [1.807, 2.05) is 19.1 Å². The number of nitrogens with two attached hydrogens (primary N) is 1. The minimum absolute atomic E-state index is 0.0150. The summed E-state index contributed by atoms with van der Waals surface area (Å²) in [6, 6.07) is 6.07. The first-order valence-electron chi connectivity index (χ1n) is 5.07. The molecule has 0 bridgehead atoms. The Morgan fingerprint density at radius 2 is 2.13 bits per heavy atom. The molecule has 3 nitrogen and oxygen atoms in total. The van der Waals surface area contributed by atoms with Crippen LogP contribution in [0.1, 0.15) is 23.6 Å². The number of hydrogen-bond acceptors (Lipinski definition) is 2. The second kappa shape index (κ2) is 3.07. The molecule has 0 aliphatic carbocycles. The summed E-state index contributed by atoms with van der Waals surface area (Å²) in [6.45, 7) is 4.48. The van der Waals surface area contributed by atoms with Gasteiger partial charge in [-0.2, -0.15) is 0 Å². The standard InChI is InChI=1S/C12H16N2O/c1-8-4-5-10-9(6-8)7-14(3)11(15)12(10,2)13/h4-6H,7,13H2,1-3H3. The Bertz CT molecular complexity index is 424. The van der Waals surface area contributed by atoms with E-state index in [1.165, 1.54) is 5.56 Å². The summed E-state index contributed by atoms with van der Waals surface area (Å²) in [7, 11) is 1.79. The van der Waals surface area contributed by atoms with E-state index in [2.05, 4.69) is 6.07 Å². The second-order valence-corrected chi connectivity index (χ2v) is 4.52. The highest BCUT2D eigenvalue weighted by atomic mass is 16.2. The highest BCUT2D eigenvalue weighted by Crippen LogP contribution is 2.30. The minimum Gasteiger partial charge on any atom is -0.340 e. The van der Waals surface area contributed by atoms with Crippen molar-refractivity contribution in [3.63, 3.8) is 0 Å². The Hall–Kier alpha value is -1.35. The van der Waals surface area contributed by atoms with Gasteiger partial charge in [0, 0.05) is 13.6 Å². The Balaban J connectivity index is 2.61. The zero-order valence-electron chi connectivity index (χ0n) is 9.37. The third-order valence-corrected chi connectivity index (χ3v) is 3.02. The van der Waals surface area contributed by atoms with Crippen molar-refractivity contribution in [2.75, 3.05) is 7.05 Å². The zero-order valence-corrected chi connectivity index (χ0v) is 9.37. The van der Waals surface area contributed by atoms with Crippen molar-refractivity contribution in [2.24, 2.45) is 5.73 Å². The quantitative estimate of drug-likeness (QED) is 0.689. The van der Waals surface area contributed by atoms with E-state index < -0.39 is 5.54 Å². The molecule has 2 rings (SSSR count). The van der Waals surface area contributed by atoms with Crippen molar-refractivity contribution in [1.29, 1.82) is 0 Å². The topological polar surface area (TPSA) is 46.3 Å². The van der Waals surface area contributed by atoms with Gasteiger partial charge in [-0.05, 0) is 25.0 Å². The van der Waals surface area contributed by atoms with Gasteiger partial charge in [0.2, 0.25) is 5.91 Å². The fourth-order valence-corrected chi connectivity index (χ4v) is 2.20. The van der Waals surface area contributed by atoms with Gasteiger partial charge in [-0.3, -0.25) is 4.79 Å². The first-order valence-corrected chi connectivity index (χ1v) is 5.07. The Kier molecular flexibility index (Phi) is 2.08. The SMILES string of the molecule is Cc1ccc2c(c1)CN(C)C(=O)C2(C)N. The lowest BCUT2D eigenvalue weighted by molar-refractivity contribution is -0.137. The van der Waals surface area contributed by atoms with Gasteiger partial charge < -0.3 is 10.6 Å². The number of carbonyl (C=O) groups excluding carboxylic acids is 1. The van der Waals surface area contributed by atoms with Gasteiger partial charge in [-0.15, -0.1) is 0 Å². The number of aryl methyl sites for hydroxylation is 1. The molecule has 3 heteroatoms. The van der Waals surface area contributed by atoms with Crippen molar-refractivity contribution >= 4 is 5.91 Å². The third kappa shape index (κ3) is 1.43. The summed E-state index contributed by atoms with van der Waals surface area (Å²) in [5.41, 5.74) is 8.51. The number of rotatable bonds is 0. The molecule has 1 unspecified atom stereocenters. The van der Waals surface area contributed by atoms with Crippen molar-refractivity contribution in [3.05, 3.63) is 34.9 Å². The maximum atomic E-state index is 11.9. The molecule has 1 heterocycles. The summed E-state index contributed by atoms with van der Waals surface area (Å²) in [5, 5.41) is 0. The maximum Gasteiger partial charge on any atom is 0.247 e. The molecule has 0 spiro atoms. The summed E-state index contributed by atoms with van der Waals surface area (Å²) < 4.78 is 0. The summed E-state index contributed by atoms with van der Waals surface area (Å²) in [4.78, 5) is 13.6. The highest BCUT2D eigenvalue weighted by molar-refractivity contribution is 5.88. The molecule has 0 saturated heterocycles. The predicted molar refractivity (Wildman–Crippen MR) is 59.2 cm³/mol. The molecule has 1 atom stereocenters. The van der Waals surface area contributed by atoms with E-state index >= 15 is 0 Å². The van der Waals surface area contributed by atoms with E-state index in [9.17, 15) is 4.79 Å². The molecule has 1 amide bonds. The summed E-state index contributed by atoms with van der Waals surface area (Å²) in [5.74, 6) is -0.0150. The molecule has 0 fully saturated rings. The highest BCUT2D eigenvalue weighted by Gasteiger charge is 2.38. The largest absolute Gasteiger partial charge is 0.340 e. The second-order valence-electron chi connectivity index (χ2n) is 4.52. The molecule has 1 aromatic rings. The van der Waals surface area contributed by atoms with Gasteiger partial charge in [0.1, 0.15) is 5.54 Å². The van der Waals surface area contributed by atoms with Crippen LogP contribution < -0.4 is 5.73 Å². The first kappa shape index (κ1) is 10.2. The number of hydrogen-bond donors (Lipinski definition) is 1. The number of benzene rings is 1. The van der Waals surface area contributed by atoms with Crippen LogP contribution in [0.4, 0.5) is 0 Å². The van der Waals surface area contributed by atoms with Crippen LogP contribution in [-0.4, -0.2) is 17.9 Å². The average molecular weight is 204 g/mol. The monoisotopic (exact) mass is 204 g/mol. The van der Waals surface area contributed by atoms with Crippen LogP contribution in [0.25, 0.3) is 0 Å². The van der Waals surface area contributed by atoms with Crippen LogP contribution in [-0.2, 0) is 16.9 Å². The van der Waals surface area contributed by atoms with Crippen LogP contribution in [0.3, 0.4) is 0 Å². The Morgan fingerprint density at radius 1 is 1.47 bits per heavy atom. The molecule has 1 aliphatic heterocycles. The first-order chi connectivity index (χ1) is 6.93. The van der Waals surface area contributed by atoms with Gasteiger partial charge in [-0.25, -0.2) is 0 Å². The minimum atomic E-state index is -0.879. The third-order valence-electron chi connectivity index (χ3n) is 3.02. The van der Waals surface area contributed by atoms with Crippen molar-refractivity contribution < 1.29 is 4.79 Å². The van der Waals surface area contributed by atoms with E-state index in [0.717, 1.165) is 11.1 Å². The number of carbonyl (C=O) groups is 1. The number of nitrogens with zero attached hydrogens (tertiary/aromatic N) is 1. The molecular weight excluding hydrogens is 188 g/mol. The number of likely N-dealkylation sites (N-methyl/N-ethyl adjacent to an activating group) is 1. The van der Waals surface area contributed by atoms with Crippen LogP contribution in [0.2, 0.25) is 0 Å². The lowest BCUT2D eigenvalue weighted by Crippen LogP contribution is -2.53. The smallest absolute Gasteiger partial charge is 0.247 e. The molecule has 80 valence electrons. The predicted octanol–water partition coefficient (Wildman–Crippen LogP) is 1.14. The van der Waals surface area contributed by atoms with Gasteiger partial charge in [-0.1, -0.05) is 23.8 Å². The fraction of sp³-hybridized carbons (Fsp3) is 0.417. The molecule has 1 aromatic carbocycles. The number of amides is 1. The van der Waals surface area contributed by atoms with E-state index in [1.54, 1.807) is 18.9 Å². The fourth-order valence-electron chi connectivity index (χ4n) is 2.20. The van der Waals surface area contributed by atoms with Gasteiger partial charge in [0.25, 0.3) is 0 Å². The molecule has 2 N–H and O–H groups in total. The summed E-state index contributed by atoms with van der Waals surface area (Å²) >= 11 is 0. The molecule has 1 aliphatic rings. The maximum absolute atomic E-state index is 11.9.